The van der Waals surface area contributed by atoms with Crippen LogP contribution in [0.4, 0.5) is 0 Å². The van der Waals surface area contributed by atoms with E-state index in [1.807, 2.05) is 0 Å². The molecular weight excluding hydrogens is 220 g/mol. The number of aromatic amines is 1. The van der Waals surface area contributed by atoms with Gasteiger partial charge in [0, 0.05) is 18.7 Å². The minimum atomic E-state index is 0.897. The summed E-state index contributed by atoms with van der Waals surface area (Å²) in [6.07, 6.45) is 5.07. The van der Waals surface area contributed by atoms with Gasteiger partial charge in [0.15, 0.2) is 0 Å². The van der Waals surface area contributed by atoms with E-state index in [2.05, 4.69) is 27.0 Å². The van der Waals surface area contributed by atoms with Crippen LogP contribution in [-0.2, 0) is 6.42 Å². The average Bonchev–Trinajstić information content (AvgIpc) is 2.78. The Bertz CT molecular complexity index is 307. The first kappa shape index (κ1) is 11.9. The van der Waals surface area contributed by atoms with Crippen molar-refractivity contribution in [1.29, 1.82) is 0 Å². The number of rotatable bonds is 5. The molecule has 2 heterocycles. The summed E-state index contributed by atoms with van der Waals surface area (Å²) in [5.74, 6) is 2.08. The summed E-state index contributed by atoms with van der Waals surface area (Å²) in [4.78, 5) is 6.93. The van der Waals surface area contributed by atoms with Gasteiger partial charge in [-0.3, -0.25) is 5.10 Å². The molecule has 0 amide bonds. The molecule has 0 radical (unpaired) electrons. The van der Waals surface area contributed by atoms with Crippen LogP contribution in [0.5, 0.6) is 0 Å². The Labute approximate surface area is 101 Å². The van der Waals surface area contributed by atoms with Crippen molar-refractivity contribution in [2.75, 3.05) is 25.4 Å². The molecule has 0 spiro atoms. The summed E-state index contributed by atoms with van der Waals surface area (Å²) in [5.41, 5.74) is 0. The van der Waals surface area contributed by atoms with Gasteiger partial charge in [-0.15, -0.1) is 5.10 Å². The van der Waals surface area contributed by atoms with Gasteiger partial charge in [0.1, 0.15) is 5.82 Å². The van der Waals surface area contributed by atoms with E-state index in [1.54, 1.807) is 11.8 Å². The molecule has 0 aliphatic carbocycles. The van der Waals surface area contributed by atoms with E-state index >= 15 is 0 Å². The topological polar surface area (TPSA) is 44.8 Å². The van der Waals surface area contributed by atoms with Gasteiger partial charge >= 0.3 is 0 Å². The standard InChI is InChI=1S/C11H20N4S/c1-2-10-12-11(14-13-10)16-9-8-15-6-4-3-5-7-15/h2-9H2,1H3,(H,12,13,14). The molecule has 5 heteroatoms. The number of H-pyrrole nitrogens is 1. The fourth-order valence-corrected chi connectivity index (χ4v) is 2.77. The summed E-state index contributed by atoms with van der Waals surface area (Å²) in [6, 6.07) is 0. The van der Waals surface area contributed by atoms with E-state index in [9.17, 15) is 0 Å². The van der Waals surface area contributed by atoms with Crippen molar-refractivity contribution in [2.24, 2.45) is 0 Å². The van der Waals surface area contributed by atoms with E-state index in [4.69, 9.17) is 0 Å². The molecule has 0 bridgehead atoms. The Kier molecular flexibility index (Phi) is 4.66. The number of hydrogen-bond donors (Lipinski definition) is 1. The summed E-state index contributed by atoms with van der Waals surface area (Å²) in [5, 5.41) is 8.02. The first-order valence-corrected chi connectivity index (χ1v) is 7.13. The number of aryl methyl sites for hydroxylation is 1. The number of piperidine rings is 1. The number of hydrogen-bond acceptors (Lipinski definition) is 4. The average molecular weight is 240 g/mol. The van der Waals surface area contributed by atoms with Crippen molar-refractivity contribution in [3.8, 4) is 0 Å². The van der Waals surface area contributed by atoms with E-state index in [0.29, 0.717) is 0 Å². The second-order valence-electron chi connectivity index (χ2n) is 4.17. The van der Waals surface area contributed by atoms with Crippen LogP contribution in [0.15, 0.2) is 5.16 Å². The van der Waals surface area contributed by atoms with Crippen LogP contribution in [0.3, 0.4) is 0 Å². The molecule has 4 nitrogen and oxygen atoms in total. The molecule has 1 aromatic rings. The number of likely N-dealkylation sites (tertiary alicyclic amines) is 1. The van der Waals surface area contributed by atoms with Crippen molar-refractivity contribution in [2.45, 2.75) is 37.8 Å². The smallest absolute Gasteiger partial charge is 0.208 e. The van der Waals surface area contributed by atoms with Gasteiger partial charge in [-0.05, 0) is 25.9 Å². The van der Waals surface area contributed by atoms with Crippen LogP contribution in [0, 0.1) is 0 Å². The third-order valence-corrected chi connectivity index (χ3v) is 3.76. The van der Waals surface area contributed by atoms with Gasteiger partial charge < -0.3 is 4.90 Å². The van der Waals surface area contributed by atoms with Crippen molar-refractivity contribution in [1.82, 2.24) is 20.1 Å². The van der Waals surface area contributed by atoms with Crippen molar-refractivity contribution in [3.05, 3.63) is 5.82 Å². The number of nitrogens with zero attached hydrogens (tertiary/aromatic N) is 3. The molecule has 0 unspecified atom stereocenters. The molecule has 90 valence electrons. The zero-order chi connectivity index (χ0) is 11.2. The normalized spacial score (nSPS) is 17.8. The van der Waals surface area contributed by atoms with E-state index < -0.39 is 0 Å². The van der Waals surface area contributed by atoms with Crippen LogP contribution >= 0.6 is 11.8 Å². The molecule has 0 aromatic carbocycles. The molecule has 1 saturated heterocycles. The highest BCUT2D eigenvalue weighted by Gasteiger charge is 2.10. The predicted octanol–water partition coefficient (Wildman–Crippen LogP) is 1.95. The molecule has 2 rings (SSSR count). The maximum Gasteiger partial charge on any atom is 0.208 e. The van der Waals surface area contributed by atoms with Gasteiger partial charge in [-0.2, -0.15) is 0 Å². The highest BCUT2D eigenvalue weighted by molar-refractivity contribution is 7.99. The lowest BCUT2D eigenvalue weighted by atomic mass is 10.1. The predicted molar refractivity (Wildman–Crippen MR) is 66.8 cm³/mol. The Hall–Kier alpha value is -0.550. The zero-order valence-corrected chi connectivity index (χ0v) is 10.7. The van der Waals surface area contributed by atoms with Gasteiger partial charge in [0.2, 0.25) is 5.16 Å². The van der Waals surface area contributed by atoms with Gasteiger partial charge in [0.25, 0.3) is 0 Å². The fourth-order valence-electron chi connectivity index (χ4n) is 1.95. The van der Waals surface area contributed by atoms with Gasteiger partial charge in [-0.25, -0.2) is 4.98 Å². The summed E-state index contributed by atoms with van der Waals surface area (Å²) < 4.78 is 0. The van der Waals surface area contributed by atoms with Crippen LogP contribution in [0.1, 0.15) is 32.0 Å². The third-order valence-electron chi connectivity index (χ3n) is 2.93. The monoisotopic (exact) mass is 240 g/mol. The molecule has 1 aromatic heterocycles. The fraction of sp³-hybridized carbons (Fsp3) is 0.818. The third kappa shape index (κ3) is 3.49. The number of aromatic nitrogens is 3. The second kappa shape index (κ2) is 6.25. The van der Waals surface area contributed by atoms with E-state index in [-0.39, 0.29) is 0 Å². The summed E-state index contributed by atoms with van der Waals surface area (Å²) in [6.45, 7) is 5.80. The Balaban J connectivity index is 1.66. The molecule has 0 saturated carbocycles. The van der Waals surface area contributed by atoms with Crippen molar-refractivity contribution >= 4 is 11.8 Å². The highest BCUT2D eigenvalue weighted by atomic mass is 32.2. The molecule has 1 fully saturated rings. The Morgan fingerprint density at radius 1 is 1.31 bits per heavy atom. The lowest BCUT2D eigenvalue weighted by molar-refractivity contribution is 0.242. The highest BCUT2D eigenvalue weighted by Crippen LogP contribution is 2.14. The van der Waals surface area contributed by atoms with Gasteiger partial charge in [0.05, 0.1) is 0 Å². The molecule has 1 aliphatic rings. The van der Waals surface area contributed by atoms with Crippen LogP contribution in [-0.4, -0.2) is 45.5 Å². The number of thioether (sulfide) groups is 1. The largest absolute Gasteiger partial charge is 0.303 e. The Morgan fingerprint density at radius 2 is 2.12 bits per heavy atom. The van der Waals surface area contributed by atoms with E-state index in [0.717, 1.165) is 23.2 Å². The lowest BCUT2D eigenvalue weighted by Gasteiger charge is -2.25. The Morgan fingerprint density at radius 3 is 2.81 bits per heavy atom. The minimum absolute atomic E-state index is 0.897. The zero-order valence-electron chi connectivity index (χ0n) is 9.91. The molecule has 1 N–H and O–H groups in total. The number of nitrogens with one attached hydrogen (secondary N) is 1. The minimum Gasteiger partial charge on any atom is -0.303 e. The van der Waals surface area contributed by atoms with E-state index in [1.165, 1.54) is 38.9 Å². The molecule has 1 aliphatic heterocycles. The molecule has 0 atom stereocenters. The molecular formula is C11H20N4S. The van der Waals surface area contributed by atoms with Crippen molar-refractivity contribution in [3.63, 3.8) is 0 Å². The maximum absolute atomic E-state index is 4.39. The SMILES string of the molecule is CCc1nc(SCCN2CCCCC2)n[nH]1. The first-order chi connectivity index (χ1) is 7.88. The van der Waals surface area contributed by atoms with Crippen LogP contribution in [0.2, 0.25) is 0 Å². The first-order valence-electron chi connectivity index (χ1n) is 6.15. The molecule has 16 heavy (non-hydrogen) atoms. The maximum atomic E-state index is 4.39. The van der Waals surface area contributed by atoms with Crippen molar-refractivity contribution < 1.29 is 0 Å². The lowest BCUT2D eigenvalue weighted by Crippen LogP contribution is -2.31. The van der Waals surface area contributed by atoms with Crippen LogP contribution in [0.25, 0.3) is 0 Å². The van der Waals surface area contributed by atoms with Crippen LogP contribution < -0.4 is 0 Å². The summed E-state index contributed by atoms with van der Waals surface area (Å²) in [7, 11) is 0. The quantitative estimate of drug-likeness (QED) is 0.799. The summed E-state index contributed by atoms with van der Waals surface area (Å²) >= 11 is 1.76. The second-order valence-corrected chi connectivity index (χ2v) is 5.23. The van der Waals surface area contributed by atoms with Gasteiger partial charge in [-0.1, -0.05) is 25.1 Å².